The Kier molecular flexibility index (Phi) is 6.83. The highest BCUT2D eigenvalue weighted by Gasteiger charge is 2.32. The molecule has 2 aliphatic heterocycles. The van der Waals surface area contributed by atoms with E-state index in [0.29, 0.717) is 23.5 Å². The van der Waals surface area contributed by atoms with Gasteiger partial charge in [-0.2, -0.15) is 11.3 Å². The first-order chi connectivity index (χ1) is 16.6. The van der Waals surface area contributed by atoms with Crippen LogP contribution in [0, 0.1) is 11.7 Å². The van der Waals surface area contributed by atoms with Crippen molar-refractivity contribution >= 4 is 17.2 Å². The molecule has 1 saturated heterocycles. The zero-order valence-corrected chi connectivity index (χ0v) is 20.1. The third-order valence-electron chi connectivity index (χ3n) is 6.99. The first kappa shape index (κ1) is 22.9. The smallest absolute Gasteiger partial charge is 0.254 e. The van der Waals surface area contributed by atoms with Gasteiger partial charge < -0.3 is 14.4 Å². The van der Waals surface area contributed by atoms with Crippen LogP contribution in [-0.2, 0) is 13.0 Å². The minimum absolute atomic E-state index is 0.00498. The Morgan fingerprint density at radius 1 is 1.15 bits per heavy atom. The van der Waals surface area contributed by atoms with Crippen LogP contribution in [0.4, 0.5) is 4.39 Å². The fraction of sp³-hybridized carbons (Fsp3) is 0.370. The van der Waals surface area contributed by atoms with E-state index in [-0.39, 0.29) is 24.6 Å². The first-order valence-electron chi connectivity index (χ1n) is 11.7. The maximum absolute atomic E-state index is 14.5. The maximum atomic E-state index is 14.5. The number of carbonyl (C=O) groups excluding carboxylic acids is 1. The lowest BCUT2D eigenvalue weighted by atomic mass is 9.84. The molecule has 0 aliphatic carbocycles. The number of halogens is 1. The van der Waals surface area contributed by atoms with Crippen LogP contribution in [0.1, 0.15) is 34.3 Å². The topological polar surface area (TPSA) is 42.0 Å². The predicted octanol–water partition coefficient (Wildman–Crippen LogP) is 5.21. The number of nitrogens with zero attached hydrogens (tertiary/aromatic N) is 2. The molecular formula is C27H29FN2O3S. The quantitative estimate of drug-likeness (QED) is 0.466. The number of amides is 1. The van der Waals surface area contributed by atoms with Crippen molar-refractivity contribution < 1.29 is 18.7 Å². The van der Waals surface area contributed by atoms with Gasteiger partial charge in [0, 0.05) is 25.0 Å². The molecule has 0 unspecified atom stereocenters. The van der Waals surface area contributed by atoms with Crippen molar-refractivity contribution in [2.24, 2.45) is 5.92 Å². The summed E-state index contributed by atoms with van der Waals surface area (Å²) in [7, 11) is 1.87. The lowest BCUT2D eigenvalue weighted by molar-refractivity contribution is 0.0584. The second-order valence-corrected chi connectivity index (χ2v) is 9.87. The summed E-state index contributed by atoms with van der Waals surface area (Å²) in [6, 6.07) is 14.8. The van der Waals surface area contributed by atoms with Crippen LogP contribution < -0.4 is 9.47 Å². The van der Waals surface area contributed by atoms with Gasteiger partial charge in [-0.15, -0.1) is 0 Å². The molecule has 7 heteroatoms. The number of carbonyl (C=O) groups is 1. The molecule has 1 atom stereocenters. The van der Waals surface area contributed by atoms with Gasteiger partial charge in [-0.25, -0.2) is 4.39 Å². The van der Waals surface area contributed by atoms with Gasteiger partial charge in [0.25, 0.3) is 5.91 Å². The van der Waals surface area contributed by atoms with Crippen LogP contribution in [-0.4, -0.2) is 48.7 Å². The molecule has 0 N–H and O–H groups in total. The number of thiophene rings is 1. The number of fused-ring (bicyclic) bond motifs is 1. The van der Waals surface area contributed by atoms with Crippen LogP contribution in [0.25, 0.3) is 0 Å². The molecule has 178 valence electrons. The Morgan fingerprint density at radius 3 is 2.71 bits per heavy atom. The molecule has 1 amide bonds. The van der Waals surface area contributed by atoms with Gasteiger partial charge in [0.05, 0.1) is 5.56 Å². The average Bonchev–Trinajstić information content (AvgIpc) is 3.55. The fourth-order valence-corrected chi connectivity index (χ4v) is 5.67. The predicted molar refractivity (Wildman–Crippen MR) is 131 cm³/mol. The monoisotopic (exact) mass is 480 g/mol. The van der Waals surface area contributed by atoms with Crippen molar-refractivity contribution in [3.8, 4) is 11.5 Å². The number of hydrogen-bond acceptors (Lipinski definition) is 5. The van der Waals surface area contributed by atoms with Crippen molar-refractivity contribution in [3.05, 3.63) is 81.8 Å². The van der Waals surface area contributed by atoms with E-state index in [1.165, 1.54) is 23.0 Å². The zero-order valence-electron chi connectivity index (χ0n) is 19.3. The van der Waals surface area contributed by atoms with Gasteiger partial charge >= 0.3 is 0 Å². The van der Waals surface area contributed by atoms with E-state index >= 15 is 0 Å². The average molecular weight is 481 g/mol. The summed E-state index contributed by atoms with van der Waals surface area (Å²) in [6.07, 6.45) is 2.45. The summed E-state index contributed by atoms with van der Waals surface area (Å²) in [4.78, 5) is 17.4. The molecule has 0 spiro atoms. The van der Waals surface area contributed by atoms with Crippen molar-refractivity contribution in [1.29, 1.82) is 0 Å². The van der Waals surface area contributed by atoms with Gasteiger partial charge in [0.1, 0.15) is 5.82 Å². The minimum Gasteiger partial charge on any atom is -0.454 e. The highest BCUT2D eigenvalue weighted by molar-refractivity contribution is 7.08. The van der Waals surface area contributed by atoms with E-state index in [1.54, 1.807) is 6.07 Å². The number of hydrogen-bond donors (Lipinski definition) is 0. The van der Waals surface area contributed by atoms with Gasteiger partial charge in [-0.3, -0.25) is 9.69 Å². The second-order valence-electron chi connectivity index (χ2n) is 9.09. The molecule has 0 radical (unpaired) electrons. The van der Waals surface area contributed by atoms with Crippen LogP contribution in [0.15, 0.2) is 59.3 Å². The normalized spacial score (nSPS) is 17.0. The van der Waals surface area contributed by atoms with Crippen molar-refractivity contribution in [2.45, 2.75) is 31.8 Å². The first-order valence-corrected chi connectivity index (χ1v) is 12.7. The minimum atomic E-state index is -0.205. The number of ether oxygens (including phenoxy) is 2. The Hall–Kier alpha value is -2.90. The lowest BCUT2D eigenvalue weighted by Gasteiger charge is -2.40. The van der Waals surface area contributed by atoms with E-state index in [4.69, 9.17) is 9.47 Å². The Labute approximate surface area is 203 Å². The Balaban J connectivity index is 1.27. The largest absolute Gasteiger partial charge is 0.454 e. The van der Waals surface area contributed by atoms with Crippen LogP contribution in [0.3, 0.4) is 0 Å². The Morgan fingerprint density at radius 2 is 1.94 bits per heavy atom. The van der Waals surface area contributed by atoms with Crippen molar-refractivity contribution in [3.63, 3.8) is 0 Å². The third kappa shape index (κ3) is 4.95. The summed E-state index contributed by atoms with van der Waals surface area (Å²) in [5, 5.41) is 3.80. The molecule has 3 aromatic rings. The number of benzene rings is 2. The van der Waals surface area contributed by atoms with Crippen LogP contribution >= 0.6 is 11.3 Å². The molecule has 3 heterocycles. The molecule has 34 heavy (non-hydrogen) atoms. The van der Waals surface area contributed by atoms with Gasteiger partial charge in [-0.1, -0.05) is 24.3 Å². The number of rotatable bonds is 7. The molecule has 1 aromatic heterocycles. The summed E-state index contributed by atoms with van der Waals surface area (Å²) >= 11 is 1.52. The van der Waals surface area contributed by atoms with E-state index in [1.807, 2.05) is 47.0 Å². The summed E-state index contributed by atoms with van der Waals surface area (Å²) in [5.74, 6) is 1.72. The molecule has 0 bridgehead atoms. The highest BCUT2D eigenvalue weighted by Crippen LogP contribution is 2.34. The number of piperidine rings is 1. The summed E-state index contributed by atoms with van der Waals surface area (Å²) < 4.78 is 25.5. The number of likely N-dealkylation sites (tertiary alicyclic amines) is 1. The van der Waals surface area contributed by atoms with Crippen LogP contribution in [0.2, 0.25) is 0 Å². The lowest BCUT2D eigenvalue weighted by Crippen LogP contribution is -2.47. The molecule has 5 nitrogen and oxygen atoms in total. The molecule has 0 saturated carbocycles. The SMILES string of the molecule is CN(C(=O)c1ccsc1)[C@H](Cc1ccccc1F)C1CCN(Cc2ccc3c(c2)OCO3)CC1. The van der Waals surface area contributed by atoms with Gasteiger partial charge in [0.15, 0.2) is 11.5 Å². The zero-order chi connectivity index (χ0) is 23.5. The van der Waals surface area contributed by atoms with Crippen molar-refractivity contribution in [2.75, 3.05) is 26.9 Å². The summed E-state index contributed by atoms with van der Waals surface area (Å²) in [6.45, 7) is 3.01. The van der Waals surface area contributed by atoms with E-state index < -0.39 is 0 Å². The highest BCUT2D eigenvalue weighted by atomic mass is 32.1. The molecule has 5 rings (SSSR count). The van der Waals surface area contributed by atoms with E-state index in [0.717, 1.165) is 44.0 Å². The molecular weight excluding hydrogens is 451 g/mol. The van der Waals surface area contributed by atoms with Crippen molar-refractivity contribution in [1.82, 2.24) is 9.80 Å². The Bertz CT molecular complexity index is 1130. The maximum Gasteiger partial charge on any atom is 0.254 e. The number of likely N-dealkylation sites (N-methyl/N-ethyl adjacent to an activating group) is 1. The van der Waals surface area contributed by atoms with E-state index in [9.17, 15) is 9.18 Å². The van der Waals surface area contributed by atoms with Crippen LogP contribution in [0.5, 0.6) is 11.5 Å². The third-order valence-corrected chi connectivity index (χ3v) is 7.68. The van der Waals surface area contributed by atoms with Gasteiger partial charge in [0.2, 0.25) is 6.79 Å². The second kappa shape index (κ2) is 10.2. The molecule has 2 aromatic carbocycles. The summed E-state index contributed by atoms with van der Waals surface area (Å²) in [5.41, 5.74) is 2.57. The fourth-order valence-electron chi connectivity index (χ4n) is 5.04. The standard InChI is InChI=1S/C27H29FN2O3S/c1-29(27(31)22-10-13-34-17-22)24(15-21-4-2-3-5-23(21)28)20-8-11-30(12-9-20)16-19-6-7-25-26(14-19)33-18-32-25/h2-7,10,13-14,17,20,24H,8-9,11-12,15-16,18H2,1H3/t24-/m1/s1. The molecule has 1 fully saturated rings. The van der Waals surface area contributed by atoms with Gasteiger partial charge in [-0.05, 0) is 79.0 Å². The van der Waals surface area contributed by atoms with E-state index in [2.05, 4.69) is 17.0 Å². The molecule has 2 aliphatic rings.